The molecule has 4 rings (SSSR count). The zero-order valence-electron chi connectivity index (χ0n) is 20.3. The quantitative estimate of drug-likeness (QED) is 0.254. The Kier molecular flexibility index (Phi) is 8.22. The molecular weight excluding hydrogens is 403 g/mol. The summed E-state index contributed by atoms with van der Waals surface area (Å²) in [7, 11) is 0. The highest BCUT2D eigenvalue weighted by molar-refractivity contribution is 5.85. The molecule has 0 amide bonds. The van der Waals surface area contributed by atoms with E-state index < -0.39 is 0 Å². The van der Waals surface area contributed by atoms with E-state index in [1.165, 1.54) is 44.1 Å². The van der Waals surface area contributed by atoms with Gasteiger partial charge in [0.2, 0.25) is 0 Å². The fourth-order valence-corrected chi connectivity index (χ4v) is 5.33. The summed E-state index contributed by atoms with van der Waals surface area (Å²) in [6.07, 6.45) is 12.3. The van der Waals surface area contributed by atoms with Crippen LogP contribution in [0.15, 0.2) is 54.6 Å². The molecule has 0 saturated heterocycles. The minimum Gasteiger partial charge on any atom is -0.206 e. The second-order valence-corrected chi connectivity index (χ2v) is 9.82. The lowest BCUT2D eigenvalue weighted by Crippen LogP contribution is -2.14. The maximum absolute atomic E-state index is 15.4. The molecular formula is C32H37F. The Morgan fingerprint density at radius 2 is 1.52 bits per heavy atom. The Bertz CT molecular complexity index is 1100. The van der Waals surface area contributed by atoms with Gasteiger partial charge in [0.15, 0.2) is 0 Å². The maximum atomic E-state index is 15.4. The molecule has 0 heterocycles. The molecule has 3 aromatic carbocycles. The van der Waals surface area contributed by atoms with Gasteiger partial charge < -0.3 is 0 Å². The Morgan fingerprint density at radius 1 is 0.788 bits per heavy atom. The van der Waals surface area contributed by atoms with Crippen molar-refractivity contribution in [2.75, 3.05) is 0 Å². The van der Waals surface area contributed by atoms with Crippen molar-refractivity contribution in [3.8, 4) is 11.8 Å². The average molecular weight is 441 g/mol. The van der Waals surface area contributed by atoms with Crippen LogP contribution in [-0.4, -0.2) is 0 Å². The van der Waals surface area contributed by atoms with E-state index in [9.17, 15) is 0 Å². The number of benzene rings is 3. The zero-order chi connectivity index (χ0) is 23.0. The van der Waals surface area contributed by atoms with Crippen LogP contribution in [0.1, 0.15) is 99.8 Å². The Labute approximate surface area is 199 Å². The van der Waals surface area contributed by atoms with E-state index in [0.717, 1.165) is 59.1 Å². The second-order valence-electron chi connectivity index (χ2n) is 9.82. The maximum Gasteiger partial charge on any atom is 0.134 e. The molecule has 0 spiro atoms. The lowest BCUT2D eigenvalue weighted by Gasteiger charge is -2.29. The number of hydrogen-bond acceptors (Lipinski definition) is 0. The fourth-order valence-electron chi connectivity index (χ4n) is 5.33. The predicted molar refractivity (Wildman–Crippen MR) is 139 cm³/mol. The molecule has 1 saturated carbocycles. The lowest BCUT2D eigenvalue weighted by atomic mass is 9.76. The van der Waals surface area contributed by atoms with Crippen molar-refractivity contribution in [3.05, 3.63) is 82.7 Å². The molecule has 0 nitrogen and oxygen atoms in total. The molecule has 3 aromatic rings. The van der Waals surface area contributed by atoms with Gasteiger partial charge >= 0.3 is 0 Å². The molecule has 0 aromatic heterocycles. The van der Waals surface area contributed by atoms with Gasteiger partial charge in [0.25, 0.3) is 0 Å². The second kappa shape index (κ2) is 11.5. The first-order valence-electron chi connectivity index (χ1n) is 13.0. The summed E-state index contributed by atoms with van der Waals surface area (Å²) in [5, 5.41) is 1.67. The van der Waals surface area contributed by atoms with Gasteiger partial charge in [0.05, 0.1) is 0 Å². The van der Waals surface area contributed by atoms with Crippen LogP contribution in [0.25, 0.3) is 10.8 Å². The molecule has 0 bridgehead atoms. The molecule has 1 fully saturated rings. The molecule has 33 heavy (non-hydrogen) atoms. The lowest BCUT2D eigenvalue weighted by molar-refractivity contribution is 0.299. The van der Waals surface area contributed by atoms with Gasteiger partial charge in [0.1, 0.15) is 5.82 Å². The van der Waals surface area contributed by atoms with Crippen molar-refractivity contribution in [1.82, 2.24) is 0 Å². The minimum absolute atomic E-state index is 0.0204. The molecule has 0 radical (unpaired) electrons. The summed E-state index contributed by atoms with van der Waals surface area (Å²) >= 11 is 0. The molecule has 1 heteroatoms. The third-order valence-electron chi connectivity index (χ3n) is 7.33. The smallest absolute Gasteiger partial charge is 0.134 e. The summed E-state index contributed by atoms with van der Waals surface area (Å²) in [4.78, 5) is 0. The molecule has 0 aliphatic heterocycles. The summed E-state index contributed by atoms with van der Waals surface area (Å²) < 4.78 is 15.4. The van der Waals surface area contributed by atoms with Crippen LogP contribution < -0.4 is 0 Å². The van der Waals surface area contributed by atoms with Gasteiger partial charge in [-0.3, -0.25) is 0 Å². The Morgan fingerprint density at radius 3 is 2.24 bits per heavy atom. The number of aryl methyl sites for hydroxylation is 1. The SMILES string of the molecule is CCCCCC1CCC(c2ccc3cc(C#Cc4ccc(CCC)cc4)ccc3c2F)CC1. The predicted octanol–water partition coefficient (Wildman–Crippen LogP) is 9.19. The van der Waals surface area contributed by atoms with Crippen molar-refractivity contribution in [1.29, 1.82) is 0 Å². The van der Waals surface area contributed by atoms with Crippen LogP contribution in [0.4, 0.5) is 4.39 Å². The van der Waals surface area contributed by atoms with E-state index >= 15 is 4.39 Å². The first-order valence-corrected chi connectivity index (χ1v) is 13.0. The van der Waals surface area contributed by atoms with E-state index in [4.69, 9.17) is 0 Å². The van der Waals surface area contributed by atoms with Crippen molar-refractivity contribution in [2.24, 2.45) is 5.92 Å². The highest BCUT2D eigenvalue weighted by Gasteiger charge is 2.24. The number of unbranched alkanes of at least 4 members (excludes halogenated alkanes) is 2. The van der Waals surface area contributed by atoms with Crippen molar-refractivity contribution >= 4 is 10.8 Å². The highest BCUT2D eigenvalue weighted by atomic mass is 19.1. The number of rotatable bonds is 7. The zero-order valence-corrected chi connectivity index (χ0v) is 20.3. The van der Waals surface area contributed by atoms with E-state index in [1.807, 2.05) is 24.3 Å². The van der Waals surface area contributed by atoms with Crippen molar-refractivity contribution < 1.29 is 4.39 Å². The van der Waals surface area contributed by atoms with E-state index in [0.29, 0.717) is 5.92 Å². The number of halogens is 1. The normalized spacial score (nSPS) is 18.2. The van der Waals surface area contributed by atoms with Gasteiger partial charge in [-0.2, -0.15) is 0 Å². The highest BCUT2D eigenvalue weighted by Crippen LogP contribution is 2.40. The average Bonchev–Trinajstić information content (AvgIpc) is 2.85. The van der Waals surface area contributed by atoms with Crippen LogP contribution in [0.5, 0.6) is 0 Å². The third-order valence-corrected chi connectivity index (χ3v) is 7.33. The van der Waals surface area contributed by atoms with Crippen LogP contribution in [0.2, 0.25) is 0 Å². The molecule has 1 aliphatic rings. The molecule has 172 valence electrons. The molecule has 0 unspecified atom stereocenters. The Hall–Kier alpha value is -2.59. The van der Waals surface area contributed by atoms with Gasteiger partial charge in [-0.1, -0.05) is 88.1 Å². The van der Waals surface area contributed by atoms with Crippen molar-refractivity contribution in [3.63, 3.8) is 0 Å². The van der Waals surface area contributed by atoms with Gasteiger partial charge in [-0.15, -0.1) is 0 Å². The summed E-state index contributed by atoms with van der Waals surface area (Å²) in [5.74, 6) is 7.70. The van der Waals surface area contributed by atoms with Gasteiger partial charge in [-0.05, 0) is 84.7 Å². The van der Waals surface area contributed by atoms with Gasteiger partial charge in [0, 0.05) is 16.5 Å². The van der Waals surface area contributed by atoms with Gasteiger partial charge in [-0.25, -0.2) is 4.39 Å². The standard InChI is InChI=1S/C32H37F/c1-3-5-6-8-25-15-18-28(19-16-25)30-22-20-29-23-27(17-21-31(29)32(30)33)14-13-26-11-9-24(7-4-2)10-12-26/h9-12,17,20-23,25,28H,3-8,15-16,18-19H2,1-2H3. The monoisotopic (exact) mass is 440 g/mol. The molecule has 1 aliphatic carbocycles. The Balaban J connectivity index is 1.45. The summed E-state index contributed by atoms with van der Waals surface area (Å²) in [5.41, 5.74) is 4.21. The minimum atomic E-state index is -0.0204. The third kappa shape index (κ3) is 6.05. The van der Waals surface area contributed by atoms with Crippen LogP contribution in [0, 0.1) is 23.6 Å². The fraction of sp³-hybridized carbons (Fsp3) is 0.438. The van der Waals surface area contributed by atoms with Crippen LogP contribution in [-0.2, 0) is 6.42 Å². The van der Waals surface area contributed by atoms with Crippen molar-refractivity contribution in [2.45, 2.75) is 84.0 Å². The van der Waals surface area contributed by atoms with Crippen LogP contribution >= 0.6 is 0 Å². The number of fused-ring (bicyclic) bond motifs is 1. The first kappa shape index (κ1) is 23.6. The van der Waals surface area contributed by atoms with E-state index in [-0.39, 0.29) is 5.82 Å². The van der Waals surface area contributed by atoms with Crippen LogP contribution in [0.3, 0.4) is 0 Å². The molecule has 0 atom stereocenters. The number of hydrogen-bond donors (Lipinski definition) is 0. The molecule has 0 N–H and O–H groups in total. The topological polar surface area (TPSA) is 0 Å². The first-order chi connectivity index (χ1) is 16.2. The van der Waals surface area contributed by atoms with E-state index in [1.54, 1.807) is 0 Å². The summed E-state index contributed by atoms with van der Waals surface area (Å²) in [6, 6.07) is 18.5. The largest absolute Gasteiger partial charge is 0.206 e. The summed E-state index contributed by atoms with van der Waals surface area (Å²) in [6.45, 7) is 4.46. The van der Waals surface area contributed by atoms with E-state index in [2.05, 4.69) is 56.0 Å².